The maximum atomic E-state index is 6.20. The Kier molecular flexibility index (Phi) is 4.88. The molecule has 7 nitrogen and oxygen atoms in total. The Labute approximate surface area is 196 Å². The molecule has 0 saturated carbocycles. The lowest BCUT2D eigenvalue weighted by atomic mass is 10.1. The van der Waals surface area contributed by atoms with E-state index in [9.17, 15) is 0 Å². The molecule has 8 heteroatoms. The first-order chi connectivity index (χ1) is 16.0. The van der Waals surface area contributed by atoms with Crippen molar-refractivity contribution in [3.05, 3.63) is 72.1 Å². The minimum atomic E-state index is -0.640. The zero-order valence-corrected chi connectivity index (χ0v) is 19.0. The summed E-state index contributed by atoms with van der Waals surface area (Å²) in [5, 5.41) is 5.01. The fourth-order valence-electron chi connectivity index (χ4n) is 4.64. The summed E-state index contributed by atoms with van der Waals surface area (Å²) >= 11 is 6.06. The third-order valence-electron chi connectivity index (χ3n) is 6.01. The number of ether oxygens (including phenoxy) is 3. The second-order valence-electron chi connectivity index (χ2n) is 8.73. The van der Waals surface area contributed by atoms with Crippen LogP contribution in [0.2, 0.25) is 5.02 Å². The molecule has 2 aliphatic rings. The highest BCUT2D eigenvalue weighted by molar-refractivity contribution is 6.30. The Hall–Kier alpha value is -2.97. The van der Waals surface area contributed by atoms with Crippen LogP contribution in [0.1, 0.15) is 20.1 Å². The quantitative estimate of drug-likeness (QED) is 0.429. The first-order valence-corrected chi connectivity index (χ1v) is 11.3. The molecule has 4 aromatic rings. The molecule has 0 amide bonds. The number of aromatic nitrogens is 3. The molecule has 6 rings (SSSR count). The first-order valence-electron chi connectivity index (χ1n) is 10.9. The molecular formula is C25H23ClN4O3. The van der Waals surface area contributed by atoms with Crippen LogP contribution in [0.25, 0.3) is 22.2 Å². The van der Waals surface area contributed by atoms with Crippen LogP contribution in [0.4, 0.5) is 11.5 Å². The van der Waals surface area contributed by atoms with Crippen LogP contribution < -0.4 is 5.32 Å². The minimum absolute atomic E-state index is 0.115. The van der Waals surface area contributed by atoms with Gasteiger partial charge in [-0.3, -0.25) is 0 Å². The maximum Gasteiger partial charge on any atom is 0.164 e. The summed E-state index contributed by atoms with van der Waals surface area (Å²) < 4.78 is 20.4. The van der Waals surface area contributed by atoms with E-state index in [1.165, 1.54) is 0 Å². The normalized spacial score (nSPS) is 23.7. The molecule has 0 radical (unpaired) electrons. The summed E-state index contributed by atoms with van der Waals surface area (Å²) in [5.41, 5.74) is 3.72. The number of nitrogens with one attached hydrogen (secondary N) is 1. The van der Waals surface area contributed by atoms with Crippen molar-refractivity contribution in [1.82, 2.24) is 14.5 Å². The Morgan fingerprint density at radius 3 is 2.61 bits per heavy atom. The van der Waals surface area contributed by atoms with E-state index in [-0.39, 0.29) is 18.4 Å². The molecule has 3 atom stereocenters. The average Bonchev–Trinajstić information content (AvgIpc) is 3.46. The van der Waals surface area contributed by atoms with Gasteiger partial charge in [0.15, 0.2) is 12.0 Å². The van der Waals surface area contributed by atoms with Gasteiger partial charge in [0.25, 0.3) is 0 Å². The van der Waals surface area contributed by atoms with E-state index in [0.717, 1.165) is 27.8 Å². The first kappa shape index (κ1) is 20.6. The van der Waals surface area contributed by atoms with Crippen molar-refractivity contribution in [2.24, 2.45) is 0 Å². The van der Waals surface area contributed by atoms with Gasteiger partial charge in [0.1, 0.15) is 30.0 Å². The highest BCUT2D eigenvalue weighted by atomic mass is 35.5. The lowest BCUT2D eigenvalue weighted by molar-refractivity contribution is -0.183. The lowest BCUT2D eigenvalue weighted by Crippen LogP contribution is -2.27. The fraction of sp³-hybridized carbons (Fsp3) is 0.280. The summed E-state index contributed by atoms with van der Waals surface area (Å²) in [7, 11) is 0. The summed E-state index contributed by atoms with van der Waals surface area (Å²) in [6.45, 7) is 4.34. The molecule has 33 heavy (non-hydrogen) atoms. The molecule has 2 fully saturated rings. The topological polar surface area (TPSA) is 70.4 Å². The van der Waals surface area contributed by atoms with Crippen molar-refractivity contribution in [3.8, 4) is 11.1 Å². The second-order valence-corrected chi connectivity index (χ2v) is 9.17. The van der Waals surface area contributed by atoms with E-state index in [2.05, 4.69) is 33.6 Å². The van der Waals surface area contributed by atoms with Gasteiger partial charge in [-0.25, -0.2) is 9.97 Å². The van der Waals surface area contributed by atoms with Gasteiger partial charge in [-0.05, 0) is 43.7 Å². The van der Waals surface area contributed by atoms with Gasteiger partial charge in [-0.15, -0.1) is 0 Å². The smallest absolute Gasteiger partial charge is 0.164 e. The summed E-state index contributed by atoms with van der Waals surface area (Å²) in [6, 6.07) is 17.7. The van der Waals surface area contributed by atoms with Crippen LogP contribution in [0.5, 0.6) is 0 Å². The Bertz CT molecular complexity index is 1310. The number of anilines is 2. The predicted octanol–water partition coefficient (Wildman–Crippen LogP) is 5.54. The number of hydrogen-bond acceptors (Lipinski definition) is 6. The molecule has 2 aliphatic heterocycles. The molecular weight excluding hydrogens is 440 g/mol. The van der Waals surface area contributed by atoms with Gasteiger partial charge in [0.05, 0.1) is 12.0 Å². The van der Waals surface area contributed by atoms with Crippen molar-refractivity contribution in [3.63, 3.8) is 0 Å². The molecule has 1 N–H and O–H groups in total. The molecule has 0 aliphatic carbocycles. The van der Waals surface area contributed by atoms with Crippen LogP contribution in [-0.4, -0.2) is 39.1 Å². The summed E-state index contributed by atoms with van der Waals surface area (Å²) in [6.07, 6.45) is 2.95. The molecule has 4 heterocycles. The number of rotatable bonds is 4. The average molecular weight is 463 g/mol. The van der Waals surface area contributed by atoms with Crippen LogP contribution in [0.3, 0.4) is 0 Å². The monoisotopic (exact) mass is 462 g/mol. The fourth-order valence-corrected chi connectivity index (χ4v) is 4.77. The van der Waals surface area contributed by atoms with Crippen molar-refractivity contribution < 1.29 is 14.2 Å². The molecule has 2 aromatic heterocycles. The maximum absolute atomic E-state index is 6.20. The van der Waals surface area contributed by atoms with E-state index in [4.69, 9.17) is 25.8 Å². The Morgan fingerprint density at radius 1 is 1.03 bits per heavy atom. The van der Waals surface area contributed by atoms with Crippen molar-refractivity contribution >= 4 is 34.1 Å². The molecule has 168 valence electrons. The number of fused-ring (bicyclic) bond motifs is 2. The zero-order chi connectivity index (χ0) is 22.6. The molecule has 0 unspecified atom stereocenters. The van der Waals surface area contributed by atoms with E-state index in [1.54, 1.807) is 6.33 Å². The predicted molar refractivity (Wildman–Crippen MR) is 127 cm³/mol. The second kappa shape index (κ2) is 7.81. The largest absolute Gasteiger partial charge is 0.352 e. The summed E-state index contributed by atoms with van der Waals surface area (Å²) in [4.78, 5) is 9.23. The highest BCUT2D eigenvalue weighted by Gasteiger charge is 2.51. The van der Waals surface area contributed by atoms with E-state index in [1.807, 2.05) is 60.9 Å². The third kappa shape index (κ3) is 3.67. The SMILES string of the molecule is CC1(C)O[C@H]2[C@H](n3cc(-c4ccccc4)c4c(Nc5ccc(Cl)cc5)ncnc43)OC[C@H]2O1. The van der Waals surface area contributed by atoms with Crippen LogP contribution in [0.15, 0.2) is 67.1 Å². The van der Waals surface area contributed by atoms with Gasteiger partial charge in [0, 0.05) is 22.5 Å². The third-order valence-corrected chi connectivity index (χ3v) is 6.26. The Balaban J connectivity index is 1.50. The molecule has 2 saturated heterocycles. The van der Waals surface area contributed by atoms with E-state index >= 15 is 0 Å². The highest BCUT2D eigenvalue weighted by Crippen LogP contribution is 2.43. The zero-order valence-electron chi connectivity index (χ0n) is 18.2. The van der Waals surface area contributed by atoms with Crippen molar-refractivity contribution in [1.29, 1.82) is 0 Å². The summed E-state index contributed by atoms with van der Waals surface area (Å²) in [5.74, 6) is 0.0668. The molecule has 0 bridgehead atoms. The van der Waals surface area contributed by atoms with Gasteiger partial charge in [-0.2, -0.15) is 0 Å². The number of hydrogen-bond donors (Lipinski definition) is 1. The van der Waals surface area contributed by atoms with Gasteiger partial charge < -0.3 is 24.1 Å². The molecule has 2 aromatic carbocycles. The Morgan fingerprint density at radius 2 is 1.82 bits per heavy atom. The minimum Gasteiger partial charge on any atom is -0.352 e. The van der Waals surface area contributed by atoms with Crippen molar-refractivity contribution in [2.75, 3.05) is 11.9 Å². The van der Waals surface area contributed by atoms with E-state index in [0.29, 0.717) is 17.4 Å². The number of halogens is 1. The van der Waals surface area contributed by atoms with Crippen LogP contribution in [-0.2, 0) is 14.2 Å². The standard InChI is InChI=1S/C25H23ClN4O3/c1-25(2)32-19-13-31-24(21(19)33-25)30-12-18(15-6-4-3-5-7-15)20-22(27-14-28-23(20)30)29-17-10-8-16(26)9-11-17/h3-12,14,19,21,24H,13H2,1-2H3,(H,27,28,29)/t19-,21-,24-/m1/s1. The molecule has 0 spiro atoms. The van der Waals surface area contributed by atoms with Gasteiger partial charge in [-0.1, -0.05) is 41.9 Å². The number of benzene rings is 2. The van der Waals surface area contributed by atoms with Crippen LogP contribution >= 0.6 is 11.6 Å². The van der Waals surface area contributed by atoms with Crippen LogP contribution in [0, 0.1) is 0 Å². The number of nitrogens with zero attached hydrogens (tertiary/aromatic N) is 3. The lowest BCUT2D eigenvalue weighted by Gasteiger charge is -2.23. The van der Waals surface area contributed by atoms with Gasteiger partial charge in [0.2, 0.25) is 0 Å². The van der Waals surface area contributed by atoms with Gasteiger partial charge >= 0.3 is 0 Å². The van der Waals surface area contributed by atoms with Crippen molar-refractivity contribution in [2.45, 2.75) is 38.1 Å². The van der Waals surface area contributed by atoms with E-state index < -0.39 is 5.79 Å².